The third-order valence-corrected chi connectivity index (χ3v) is 6.87. The first-order chi connectivity index (χ1) is 15.5. The van der Waals surface area contributed by atoms with Crippen LogP contribution in [0.15, 0.2) is 36.5 Å². The number of thiocarbonyl (C=S) groups is 1. The minimum atomic E-state index is -0.345. The van der Waals surface area contributed by atoms with Gasteiger partial charge in [0.15, 0.2) is 10.9 Å². The predicted molar refractivity (Wildman–Crippen MR) is 129 cm³/mol. The third kappa shape index (κ3) is 5.16. The van der Waals surface area contributed by atoms with Crippen LogP contribution < -0.4 is 10.6 Å². The number of thiophene rings is 1. The van der Waals surface area contributed by atoms with Crippen LogP contribution in [0.5, 0.6) is 0 Å². The average molecular weight is 473 g/mol. The number of methoxy groups -OCH3 is 1. The molecule has 0 amide bonds. The lowest BCUT2D eigenvalue weighted by atomic mass is 9.96. The second kappa shape index (κ2) is 10.2. The molecule has 0 saturated carbocycles. The zero-order chi connectivity index (χ0) is 22.5. The highest BCUT2D eigenvalue weighted by Gasteiger charge is 2.25. The SMILES string of the molecule is COC(=O)c1c(NC(=S)Nc2ccn(Cc3ccccc3F)n2)sc2c1CCCCCC2. The number of aryl methyl sites for hydroxylation is 1. The van der Waals surface area contributed by atoms with Gasteiger partial charge < -0.3 is 15.4 Å². The van der Waals surface area contributed by atoms with Crippen LogP contribution >= 0.6 is 23.6 Å². The van der Waals surface area contributed by atoms with Crippen LogP contribution in [0.3, 0.4) is 0 Å². The number of fused-ring (bicyclic) bond motifs is 1. The van der Waals surface area contributed by atoms with Gasteiger partial charge in [-0.1, -0.05) is 31.0 Å². The van der Waals surface area contributed by atoms with E-state index in [0.29, 0.717) is 33.6 Å². The van der Waals surface area contributed by atoms with E-state index in [1.807, 2.05) is 0 Å². The fraction of sp³-hybridized carbons (Fsp3) is 0.348. The molecule has 4 rings (SSSR count). The number of nitrogens with zero attached hydrogens (tertiary/aromatic N) is 2. The summed E-state index contributed by atoms with van der Waals surface area (Å²) in [7, 11) is 1.40. The maximum Gasteiger partial charge on any atom is 0.341 e. The summed E-state index contributed by atoms with van der Waals surface area (Å²) in [6, 6.07) is 8.38. The van der Waals surface area contributed by atoms with E-state index in [0.717, 1.165) is 31.2 Å². The normalized spacial score (nSPS) is 13.6. The number of halogens is 1. The Bertz CT molecular complexity index is 1130. The van der Waals surface area contributed by atoms with Crippen LogP contribution in [-0.2, 0) is 24.1 Å². The third-order valence-electron chi connectivity index (χ3n) is 5.46. The van der Waals surface area contributed by atoms with Crippen LogP contribution in [0.25, 0.3) is 0 Å². The predicted octanol–water partition coefficient (Wildman–Crippen LogP) is 5.39. The molecule has 1 aliphatic carbocycles. The van der Waals surface area contributed by atoms with E-state index in [-0.39, 0.29) is 11.8 Å². The molecular weight excluding hydrogens is 447 g/mol. The second-order valence-electron chi connectivity index (χ2n) is 7.68. The van der Waals surface area contributed by atoms with Crippen LogP contribution in [0.4, 0.5) is 15.2 Å². The molecule has 0 saturated heterocycles. The van der Waals surface area contributed by atoms with E-state index in [1.54, 1.807) is 46.5 Å². The maximum absolute atomic E-state index is 13.9. The highest BCUT2D eigenvalue weighted by Crippen LogP contribution is 2.37. The van der Waals surface area contributed by atoms with Crippen molar-refractivity contribution in [2.45, 2.75) is 45.1 Å². The van der Waals surface area contributed by atoms with Crippen molar-refractivity contribution in [3.05, 3.63) is 63.9 Å². The minimum absolute atomic E-state index is 0.265. The molecule has 0 atom stereocenters. The van der Waals surface area contributed by atoms with Gasteiger partial charge in [-0.15, -0.1) is 11.3 Å². The topological polar surface area (TPSA) is 68.2 Å². The molecule has 3 aromatic rings. The minimum Gasteiger partial charge on any atom is -0.465 e. The van der Waals surface area contributed by atoms with Crippen molar-refractivity contribution in [3.63, 3.8) is 0 Å². The lowest BCUT2D eigenvalue weighted by molar-refractivity contribution is 0.0601. The molecule has 1 aromatic carbocycles. The number of esters is 1. The van der Waals surface area contributed by atoms with Gasteiger partial charge in [0, 0.05) is 22.7 Å². The number of anilines is 2. The lowest BCUT2D eigenvalue weighted by Gasteiger charge is -2.11. The Hall–Kier alpha value is -2.78. The largest absolute Gasteiger partial charge is 0.465 e. The van der Waals surface area contributed by atoms with Gasteiger partial charge in [-0.3, -0.25) is 4.68 Å². The van der Waals surface area contributed by atoms with Crippen LogP contribution in [0.2, 0.25) is 0 Å². The van der Waals surface area contributed by atoms with Gasteiger partial charge in [-0.2, -0.15) is 5.10 Å². The van der Waals surface area contributed by atoms with E-state index in [4.69, 9.17) is 17.0 Å². The first kappa shape index (κ1) is 22.4. The molecule has 2 aromatic heterocycles. The van der Waals surface area contributed by atoms with E-state index < -0.39 is 0 Å². The summed E-state index contributed by atoms with van der Waals surface area (Å²) in [6.07, 6.45) is 8.17. The Morgan fingerprint density at radius 3 is 2.75 bits per heavy atom. The molecule has 0 fully saturated rings. The molecule has 2 heterocycles. The van der Waals surface area contributed by atoms with Crippen molar-refractivity contribution < 1.29 is 13.9 Å². The Labute approximate surface area is 195 Å². The number of ether oxygens (including phenoxy) is 1. The monoisotopic (exact) mass is 472 g/mol. The van der Waals surface area contributed by atoms with E-state index >= 15 is 0 Å². The van der Waals surface area contributed by atoms with Crippen molar-refractivity contribution in [2.75, 3.05) is 17.7 Å². The molecule has 2 N–H and O–H groups in total. The average Bonchev–Trinajstić information content (AvgIpc) is 3.33. The van der Waals surface area contributed by atoms with Gasteiger partial charge in [-0.05, 0) is 49.5 Å². The maximum atomic E-state index is 13.9. The van der Waals surface area contributed by atoms with E-state index in [1.165, 1.54) is 30.9 Å². The zero-order valence-electron chi connectivity index (χ0n) is 17.8. The van der Waals surface area contributed by atoms with Gasteiger partial charge in [-0.25, -0.2) is 9.18 Å². The number of hydrogen-bond donors (Lipinski definition) is 2. The summed E-state index contributed by atoms with van der Waals surface area (Å²) >= 11 is 7.05. The fourth-order valence-electron chi connectivity index (χ4n) is 3.89. The molecule has 1 aliphatic rings. The first-order valence-electron chi connectivity index (χ1n) is 10.6. The number of hydrogen-bond acceptors (Lipinski definition) is 5. The number of nitrogens with one attached hydrogen (secondary N) is 2. The highest BCUT2D eigenvalue weighted by atomic mass is 32.1. The molecule has 0 radical (unpaired) electrons. The standard InChI is InChI=1S/C23H25FN4O2S2/c1-30-22(29)20-16-9-4-2-3-5-11-18(16)32-21(20)26-23(31)25-19-12-13-28(27-19)14-15-8-6-7-10-17(15)24/h6-8,10,12-13H,2-5,9,11,14H2,1H3,(H2,25,26,27,31). The lowest BCUT2D eigenvalue weighted by Crippen LogP contribution is -2.20. The summed E-state index contributed by atoms with van der Waals surface area (Å²) in [5.74, 6) is -0.0748. The quantitative estimate of drug-likeness (QED) is 0.384. The number of benzene rings is 1. The Morgan fingerprint density at radius 2 is 1.97 bits per heavy atom. The highest BCUT2D eigenvalue weighted by molar-refractivity contribution is 7.80. The van der Waals surface area contributed by atoms with Crippen molar-refractivity contribution in [2.24, 2.45) is 0 Å². The summed E-state index contributed by atoms with van der Waals surface area (Å²) in [4.78, 5) is 13.8. The second-order valence-corrected chi connectivity index (χ2v) is 9.20. The molecule has 6 nitrogen and oxygen atoms in total. The number of carbonyl (C=O) groups is 1. The summed E-state index contributed by atoms with van der Waals surface area (Å²) in [6.45, 7) is 0.318. The smallest absolute Gasteiger partial charge is 0.341 e. The van der Waals surface area contributed by atoms with Gasteiger partial charge in [0.05, 0.1) is 19.2 Å². The number of carbonyl (C=O) groups excluding carboxylic acids is 1. The fourth-order valence-corrected chi connectivity index (χ4v) is 5.45. The molecule has 0 bridgehead atoms. The van der Waals surface area contributed by atoms with E-state index in [9.17, 15) is 9.18 Å². The van der Waals surface area contributed by atoms with Gasteiger partial charge in [0.1, 0.15) is 10.8 Å². The van der Waals surface area contributed by atoms with Gasteiger partial charge in [0.2, 0.25) is 0 Å². The Balaban J connectivity index is 1.47. The van der Waals surface area contributed by atoms with Crippen LogP contribution in [-0.4, -0.2) is 28.0 Å². The van der Waals surface area contributed by atoms with Crippen molar-refractivity contribution in [1.82, 2.24) is 9.78 Å². The summed E-state index contributed by atoms with van der Waals surface area (Å²) in [5, 5.41) is 11.7. The molecule has 0 spiro atoms. The molecule has 0 aliphatic heterocycles. The number of rotatable bonds is 5. The van der Waals surface area contributed by atoms with Crippen LogP contribution in [0.1, 0.15) is 52.0 Å². The molecule has 9 heteroatoms. The van der Waals surface area contributed by atoms with Crippen molar-refractivity contribution in [1.29, 1.82) is 0 Å². The van der Waals surface area contributed by atoms with Crippen molar-refractivity contribution >= 4 is 45.5 Å². The van der Waals surface area contributed by atoms with Crippen molar-refractivity contribution in [3.8, 4) is 0 Å². The van der Waals surface area contributed by atoms with Gasteiger partial charge in [0.25, 0.3) is 0 Å². The molecular formula is C23H25FN4O2S2. The summed E-state index contributed by atoms with van der Waals surface area (Å²) < 4.78 is 20.6. The Morgan fingerprint density at radius 1 is 1.19 bits per heavy atom. The molecule has 0 unspecified atom stereocenters. The molecule has 168 valence electrons. The number of aromatic nitrogens is 2. The Kier molecular flexibility index (Phi) is 7.16. The van der Waals surface area contributed by atoms with Gasteiger partial charge >= 0.3 is 5.97 Å². The first-order valence-corrected chi connectivity index (χ1v) is 11.9. The summed E-state index contributed by atoms with van der Waals surface area (Å²) in [5.41, 5.74) is 2.23. The zero-order valence-corrected chi connectivity index (χ0v) is 19.5. The van der Waals surface area contributed by atoms with E-state index in [2.05, 4.69) is 15.7 Å². The molecule has 32 heavy (non-hydrogen) atoms. The van der Waals surface area contributed by atoms with Crippen LogP contribution in [0, 0.1) is 5.82 Å².